The van der Waals surface area contributed by atoms with Crippen molar-refractivity contribution in [3.05, 3.63) is 36.5 Å². The molecule has 0 aliphatic rings. The number of aliphatic hydroxyl groups excluding tert-OH is 2. The summed E-state index contributed by atoms with van der Waals surface area (Å²) in [6, 6.07) is -0.547. The molecule has 0 aliphatic carbocycles. The molecule has 0 saturated carbocycles. The van der Waals surface area contributed by atoms with E-state index in [1.807, 2.05) is 0 Å². The molecule has 3 N–H and O–H groups in total. The Kier molecular flexibility index (Phi) is 63.9. The van der Waals surface area contributed by atoms with Crippen LogP contribution >= 0.6 is 0 Å². The van der Waals surface area contributed by atoms with Gasteiger partial charge in [-0.1, -0.05) is 314 Å². The zero-order valence-electron chi connectivity index (χ0n) is 51.3. The molecular formula is C70H133NO5. The Hall–Kier alpha value is -1.92. The van der Waals surface area contributed by atoms with Crippen molar-refractivity contribution in [2.75, 3.05) is 13.2 Å². The summed E-state index contributed by atoms with van der Waals surface area (Å²) in [6.45, 7) is 4.97. The lowest BCUT2D eigenvalue weighted by molar-refractivity contribution is -0.143. The summed E-state index contributed by atoms with van der Waals surface area (Å²) in [6.07, 6.45) is 83.2. The molecule has 6 nitrogen and oxygen atoms in total. The number of hydrogen-bond donors (Lipinski definition) is 3. The number of nitrogens with one attached hydrogen (secondary N) is 1. The molecule has 0 aromatic rings. The number of ether oxygens (including phenoxy) is 1. The van der Waals surface area contributed by atoms with Crippen LogP contribution < -0.4 is 5.32 Å². The van der Waals surface area contributed by atoms with E-state index < -0.39 is 12.1 Å². The zero-order valence-corrected chi connectivity index (χ0v) is 51.3. The van der Waals surface area contributed by atoms with Gasteiger partial charge in [0.15, 0.2) is 0 Å². The van der Waals surface area contributed by atoms with Gasteiger partial charge in [-0.05, 0) is 83.5 Å². The van der Waals surface area contributed by atoms with Crippen LogP contribution in [0.1, 0.15) is 373 Å². The van der Waals surface area contributed by atoms with Crippen LogP contribution in [0.25, 0.3) is 0 Å². The minimum atomic E-state index is -0.669. The first-order valence-corrected chi connectivity index (χ1v) is 34.2. The number of carbonyl (C=O) groups excluding carboxylic acids is 2. The van der Waals surface area contributed by atoms with E-state index in [4.69, 9.17) is 4.74 Å². The fraction of sp³-hybridized carbons (Fsp3) is 0.886. The van der Waals surface area contributed by atoms with E-state index in [0.29, 0.717) is 25.9 Å². The summed E-state index contributed by atoms with van der Waals surface area (Å²) in [5.41, 5.74) is 0. The van der Waals surface area contributed by atoms with Crippen molar-refractivity contribution in [2.45, 2.75) is 386 Å². The first-order chi connectivity index (χ1) is 37.5. The Balaban J connectivity index is 3.42. The van der Waals surface area contributed by atoms with Crippen LogP contribution in [-0.2, 0) is 14.3 Å². The van der Waals surface area contributed by atoms with E-state index in [0.717, 1.165) is 51.4 Å². The molecule has 2 unspecified atom stereocenters. The summed E-state index contributed by atoms with van der Waals surface area (Å²) < 4.78 is 5.50. The highest BCUT2D eigenvalue weighted by Gasteiger charge is 2.20. The normalized spacial score (nSPS) is 12.7. The Morgan fingerprint density at radius 1 is 0.368 bits per heavy atom. The fourth-order valence-corrected chi connectivity index (χ4v) is 10.7. The first kappa shape index (κ1) is 74.1. The van der Waals surface area contributed by atoms with Crippen LogP contribution in [-0.4, -0.2) is 47.4 Å². The van der Waals surface area contributed by atoms with Gasteiger partial charge in [0.05, 0.1) is 25.4 Å². The second-order valence-electron chi connectivity index (χ2n) is 23.5. The summed E-state index contributed by atoms with van der Waals surface area (Å²) in [5, 5.41) is 23.3. The van der Waals surface area contributed by atoms with Gasteiger partial charge < -0.3 is 20.3 Å². The standard InChI is InChI=1S/C70H133NO5/c1-3-5-7-9-11-13-15-17-19-21-32-36-40-44-48-52-56-60-64-70(75)76-65-61-57-53-49-45-41-37-33-30-28-26-24-22-23-25-27-29-31-35-39-43-47-51-55-59-63-69(74)71-67(66-72)68(73)62-58-54-50-46-42-38-34-20-18-16-14-12-10-8-6-4-2/h19,21,23-26,67-68,72-73H,3-18,20,22,27-66H2,1-2H3,(H,71,74)/b21-19-,25-23-,26-24-. The lowest BCUT2D eigenvalue weighted by atomic mass is 10.0. The third-order valence-corrected chi connectivity index (χ3v) is 15.9. The van der Waals surface area contributed by atoms with Crippen LogP contribution in [0.4, 0.5) is 0 Å². The summed E-state index contributed by atoms with van der Waals surface area (Å²) in [5.74, 6) is -0.0323. The molecule has 0 spiro atoms. The fourth-order valence-electron chi connectivity index (χ4n) is 10.7. The topological polar surface area (TPSA) is 95.9 Å². The van der Waals surface area contributed by atoms with Gasteiger partial charge in [0, 0.05) is 12.8 Å². The molecule has 76 heavy (non-hydrogen) atoms. The van der Waals surface area contributed by atoms with Gasteiger partial charge in [0.1, 0.15) is 0 Å². The highest BCUT2D eigenvalue weighted by Crippen LogP contribution is 2.18. The maximum Gasteiger partial charge on any atom is 0.305 e. The molecule has 0 aromatic heterocycles. The van der Waals surface area contributed by atoms with Crippen molar-refractivity contribution in [2.24, 2.45) is 0 Å². The number of unbranched alkanes of at least 4 members (excludes halogenated alkanes) is 47. The monoisotopic (exact) mass is 1070 g/mol. The van der Waals surface area contributed by atoms with Crippen LogP contribution in [0.3, 0.4) is 0 Å². The summed E-state index contributed by atoms with van der Waals surface area (Å²) in [7, 11) is 0. The Morgan fingerprint density at radius 2 is 0.658 bits per heavy atom. The van der Waals surface area contributed by atoms with E-state index in [1.54, 1.807) is 0 Å². The largest absolute Gasteiger partial charge is 0.466 e. The Labute approximate surface area is 474 Å². The van der Waals surface area contributed by atoms with Gasteiger partial charge in [0.25, 0.3) is 0 Å². The molecule has 0 fully saturated rings. The zero-order chi connectivity index (χ0) is 55.0. The number of aliphatic hydroxyl groups is 2. The molecule has 0 aliphatic heterocycles. The number of rotatable bonds is 64. The second-order valence-corrected chi connectivity index (χ2v) is 23.5. The first-order valence-electron chi connectivity index (χ1n) is 34.2. The Morgan fingerprint density at radius 3 is 1.01 bits per heavy atom. The molecule has 2 atom stereocenters. The molecule has 0 rings (SSSR count). The van der Waals surface area contributed by atoms with Crippen LogP contribution in [0.5, 0.6) is 0 Å². The SMILES string of the molecule is CCCCCCCCC/C=C\CCCCCCCCCC(=O)OCCCCCCCCCCC/C=C\C/C=C\CCCCCCCCCCCC(=O)NC(CO)C(O)CCCCCCCCCCCCCCCCCC. The maximum absolute atomic E-state index is 12.5. The second kappa shape index (κ2) is 65.6. The van der Waals surface area contributed by atoms with E-state index in [2.05, 4.69) is 55.6 Å². The smallest absolute Gasteiger partial charge is 0.305 e. The molecule has 0 bridgehead atoms. The molecule has 0 radical (unpaired) electrons. The number of carbonyl (C=O) groups is 2. The van der Waals surface area contributed by atoms with Crippen molar-refractivity contribution < 1.29 is 24.5 Å². The molecule has 0 heterocycles. The maximum atomic E-state index is 12.5. The lowest BCUT2D eigenvalue weighted by Crippen LogP contribution is -2.45. The highest BCUT2D eigenvalue weighted by molar-refractivity contribution is 5.76. The molecule has 448 valence electrons. The molecule has 6 heteroatoms. The van der Waals surface area contributed by atoms with Crippen LogP contribution in [0.2, 0.25) is 0 Å². The van der Waals surface area contributed by atoms with Gasteiger partial charge in [-0.25, -0.2) is 0 Å². The lowest BCUT2D eigenvalue weighted by Gasteiger charge is -2.22. The molecule has 1 amide bonds. The minimum Gasteiger partial charge on any atom is -0.466 e. The average molecular weight is 1070 g/mol. The van der Waals surface area contributed by atoms with Gasteiger partial charge in [-0.2, -0.15) is 0 Å². The van der Waals surface area contributed by atoms with E-state index in [9.17, 15) is 19.8 Å². The summed E-state index contributed by atoms with van der Waals surface area (Å²) in [4.78, 5) is 24.6. The average Bonchev–Trinajstić information content (AvgIpc) is 3.42. The van der Waals surface area contributed by atoms with Crippen molar-refractivity contribution in [1.82, 2.24) is 5.32 Å². The predicted molar refractivity (Wildman–Crippen MR) is 333 cm³/mol. The van der Waals surface area contributed by atoms with Crippen molar-refractivity contribution >= 4 is 11.9 Å². The van der Waals surface area contributed by atoms with Gasteiger partial charge >= 0.3 is 5.97 Å². The van der Waals surface area contributed by atoms with E-state index in [-0.39, 0.29) is 18.5 Å². The minimum absolute atomic E-state index is 0.00654. The van der Waals surface area contributed by atoms with Gasteiger partial charge in [-0.3, -0.25) is 9.59 Å². The number of allylic oxidation sites excluding steroid dienone is 6. The Bertz CT molecular complexity index is 1230. The number of esters is 1. The van der Waals surface area contributed by atoms with Crippen molar-refractivity contribution in [3.63, 3.8) is 0 Å². The van der Waals surface area contributed by atoms with Crippen molar-refractivity contribution in [1.29, 1.82) is 0 Å². The molecule has 0 saturated heterocycles. The number of amides is 1. The van der Waals surface area contributed by atoms with Crippen molar-refractivity contribution in [3.8, 4) is 0 Å². The number of hydrogen-bond acceptors (Lipinski definition) is 5. The van der Waals surface area contributed by atoms with Crippen LogP contribution in [0.15, 0.2) is 36.5 Å². The van der Waals surface area contributed by atoms with E-state index in [1.165, 1.54) is 289 Å². The van der Waals surface area contributed by atoms with Crippen LogP contribution in [0, 0.1) is 0 Å². The highest BCUT2D eigenvalue weighted by atomic mass is 16.5. The quantitative estimate of drug-likeness (QED) is 0.0320. The van der Waals surface area contributed by atoms with Gasteiger partial charge in [0.2, 0.25) is 5.91 Å². The predicted octanol–water partition coefficient (Wildman–Crippen LogP) is 21.9. The third kappa shape index (κ3) is 61.3. The van der Waals surface area contributed by atoms with Gasteiger partial charge in [-0.15, -0.1) is 0 Å². The van der Waals surface area contributed by atoms with E-state index >= 15 is 0 Å². The third-order valence-electron chi connectivity index (χ3n) is 15.9. The summed E-state index contributed by atoms with van der Waals surface area (Å²) >= 11 is 0. The molecule has 0 aromatic carbocycles. The molecular weight excluding hydrogens is 935 g/mol.